The first-order chi connectivity index (χ1) is 27.2. The second kappa shape index (κ2) is 14.8. The van der Waals surface area contributed by atoms with E-state index in [-0.39, 0.29) is 28.7 Å². The Morgan fingerprint density at radius 1 is 0.929 bits per heavy atom. The lowest BCUT2D eigenvalue weighted by molar-refractivity contribution is -0.134. The molecule has 3 fully saturated rings. The van der Waals surface area contributed by atoms with Crippen molar-refractivity contribution in [1.29, 1.82) is 0 Å². The Labute approximate surface area is 325 Å². The van der Waals surface area contributed by atoms with Crippen molar-refractivity contribution >= 4 is 55.6 Å². The molecule has 288 valence electrons. The molecule has 9 rings (SSSR count). The van der Waals surface area contributed by atoms with E-state index < -0.39 is 9.84 Å². The number of amides is 2. The quantitative estimate of drug-likeness (QED) is 0.166. The highest BCUT2D eigenvalue weighted by molar-refractivity contribution is 7.91. The lowest BCUT2D eigenvalue weighted by Crippen LogP contribution is -2.61. The number of fused-ring (bicyclic) bond motifs is 2. The van der Waals surface area contributed by atoms with Crippen molar-refractivity contribution in [1.82, 2.24) is 25.2 Å². The molecule has 0 radical (unpaired) electrons. The van der Waals surface area contributed by atoms with E-state index in [2.05, 4.69) is 42.6 Å². The van der Waals surface area contributed by atoms with Gasteiger partial charge < -0.3 is 20.3 Å². The Morgan fingerprint density at radius 2 is 1.71 bits per heavy atom. The van der Waals surface area contributed by atoms with Gasteiger partial charge in [0.1, 0.15) is 12.3 Å². The van der Waals surface area contributed by atoms with E-state index in [0.29, 0.717) is 50.2 Å². The number of ether oxygens (including phenoxy) is 1. The summed E-state index contributed by atoms with van der Waals surface area (Å²) < 4.78 is 32.8. The van der Waals surface area contributed by atoms with Crippen LogP contribution < -0.4 is 25.6 Å². The Bertz CT molecular complexity index is 2410. The predicted molar refractivity (Wildman–Crippen MR) is 216 cm³/mol. The Hall–Kier alpha value is -5.60. The van der Waals surface area contributed by atoms with Crippen LogP contribution in [0.5, 0.6) is 5.88 Å². The smallest absolute Gasteiger partial charge is 0.237 e. The first-order valence-electron chi connectivity index (χ1n) is 19.3. The molecule has 0 aliphatic carbocycles. The lowest BCUT2D eigenvalue weighted by Gasteiger charge is -2.48. The number of likely N-dealkylation sites (tertiary alicyclic amines) is 1. The van der Waals surface area contributed by atoms with Crippen LogP contribution in [0.15, 0.2) is 79.1 Å². The molecule has 14 heteroatoms. The minimum absolute atomic E-state index is 0.0117. The number of carbonyl (C=O) groups excluding carboxylic acids is 2. The van der Waals surface area contributed by atoms with Gasteiger partial charge in [0.05, 0.1) is 22.4 Å². The van der Waals surface area contributed by atoms with Gasteiger partial charge in [0.25, 0.3) is 0 Å². The minimum atomic E-state index is -3.32. The van der Waals surface area contributed by atoms with E-state index in [1.807, 2.05) is 72.9 Å². The van der Waals surface area contributed by atoms with Crippen molar-refractivity contribution < 1.29 is 22.7 Å². The summed E-state index contributed by atoms with van der Waals surface area (Å²) in [5.41, 5.74) is 8.37. The van der Waals surface area contributed by atoms with E-state index in [1.165, 1.54) is 0 Å². The number of sulfone groups is 1. The third-order valence-corrected chi connectivity index (χ3v) is 13.9. The fourth-order valence-electron chi connectivity index (χ4n) is 8.35. The van der Waals surface area contributed by atoms with Gasteiger partial charge >= 0.3 is 0 Å². The zero-order chi connectivity index (χ0) is 38.4. The summed E-state index contributed by atoms with van der Waals surface area (Å²) in [6.07, 6.45) is 5.81. The molecule has 56 heavy (non-hydrogen) atoms. The van der Waals surface area contributed by atoms with Gasteiger partial charge in [0.15, 0.2) is 9.84 Å². The lowest BCUT2D eigenvalue weighted by atomic mass is 9.90. The molecule has 6 heterocycles. The summed E-state index contributed by atoms with van der Waals surface area (Å²) in [7, 11) is -3.32. The Morgan fingerprint density at radius 3 is 2.48 bits per heavy atom. The van der Waals surface area contributed by atoms with Gasteiger partial charge in [-0.1, -0.05) is 36.4 Å². The third kappa shape index (κ3) is 7.26. The van der Waals surface area contributed by atoms with Crippen LogP contribution >= 0.6 is 0 Å². The second-order valence-corrected chi connectivity index (χ2v) is 17.5. The Balaban J connectivity index is 0.767. The van der Waals surface area contributed by atoms with Crippen molar-refractivity contribution in [3.05, 3.63) is 95.8 Å². The molecule has 4 aliphatic heterocycles. The molecule has 3 N–H and O–H groups in total. The molecule has 5 aromatic rings. The van der Waals surface area contributed by atoms with Crippen molar-refractivity contribution in [2.24, 2.45) is 0 Å². The highest BCUT2D eigenvalue weighted by Gasteiger charge is 2.37. The fraction of sp³-hybridized carbons (Fsp3) is 0.357. The molecular formula is C42H44N8O5S. The zero-order valence-electron chi connectivity index (χ0n) is 31.2. The number of rotatable bonds is 9. The molecule has 1 atom stereocenters. The highest BCUT2D eigenvalue weighted by Crippen LogP contribution is 2.36. The molecule has 0 spiro atoms. The van der Waals surface area contributed by atoms with E-state index in [1.54, 1.807) is 6.20 Å². The number of hydrogen-bond donors (Lipinski definition) is 3. The van der Waals surface area contributed by atoms with Crippen LogP contribution in [0.1, 0.15) is 48.3 Å². The van der Waals surface area contributed by atoms with E-state index >= 15 is 0 Å². The summed E-state index contributed by atoms with van der Waals surface area (Å²) in [5, 5.41) is 9.68. The van der Waals surface area contributed by atoms with Gasteiger partial charge in [-0.25, -0.2) is 23.4 Å². The molecule has 13 nitrogen and oxygen atoms in total. The zero-order valence-corrected chi connectivity index (χ0v) is 32.0. The summed E-state index contributed by atoms with van der Waals surface area (Å²) in [4.78, 5) is 42.3. The molecule has 2 aromatic heterocycles. The molecule has 1 unspecified atom stereocenters. The number of hydrogen-bond acceptors (Lipinski definition) is 12. The molecule has 0 saturated carbocycles. The van der Waals surface area contributed by atoms with Crippen molar-refractivity contribution in [3.8, 4) is 17.0 Å². The molecule has 4 aliphatic rings. The molecule has 2 amide bonds. The summed E-state index contributed by atoms with van der Waals surface area (Å²) in [6, 6.07) is 22.0. The maximum Gasteiger partial charge on any atom is 0.237 e. The molecule has 0 bridgehead atoms. The van der Waals surface area contributed by atoms with E-state index in [4.69, 9.17) is 9.72 Å². The van der Waals surface area contributed by atoms with Crippen molar-refractivity contribution in [2.45, 2.75) is 55.6 Å². The number of nitrogens with zero attached hydrogens (tertiary/aromatic N) is 5. The van der Waals surface area contributed by atoms with Gasteiger partial charge in [-0.05, 0) is 91.9 Å². The number of benzene rings is 3. The first-order valence-corrected chi connectivity index (χ1v) is 21.0. The van der Waals surface area contributed by atoms with Crippen LogP contribution in [0.2, 0.25) is 0 Å². The monoisotopic (exact) mass is 772 g/mol. The molecular weight excluding hydrogens is 729 g/mol. The van der Waals surface area contributed by atoms with Crippen LogP contribution in [0.3, 0.4) is 0 Å². The highest BCUT2D eigenvalue weighted by atomic mass is 32.2. The average molecular weight is 773 g/mol. The molecule has 3 aromatic carbocycles. The number of pyridine rings is 1. The average Bonchev–Trinajstić information content (AvgIpc) is 3.19. The fourth-order valence-corrected chi connectivity index (χ4v) is 10.2. The largest absolute Gasteiger partial charge is 0.474 e. The minimum Gasteiger partial charge on any atom is -0.474 e. The van der Waals surface area contributed by atoms with Gasteiger partial charge in [0, 0.05) is 66.8 Å². The number of aromatic nitrogens is 3. The van der Waals surface area contributed by atoms with Crippen LogP contribution in [-0.2, 0) is 25.2 Å². The van der Waals surface area contributed by atoms with Crippen molar-refractivity contribution in [2.75, 3.05) is 54.9 Å². The van der Waals surface area contributed by atoms with E-state index in [9.17, 15) is 18.0 Å². The maximum absolute atomic E-state index is 13.5. The first kappa shape index (κ1) is 36.1. The maximum atomic E-state index is 13.5. The number of nitrogens with one attached hydrogen (secondary N) is 3. The van der Waals surface area contributed by atoms with Gasteiger partial charge in [-0.15, -0.1) is 0 Å². The SMILES string of the molecule is Cc1c(-c2ccc3cnc(Nc4ccc(CS(=O)(=O)C5CCN(C6CN(c7ccc(C8CCC(=O)NC8=O)cc7)C6)CC5)cc4)nc3c2)cnc2c1NCCO2. The topological polar surface area (TPSA) is 159 Å². The molecule has 3 saturated heterocycles. The number of anilines is 4. The van der Waals surface area contributed by atoms with Gasteiger partial charge in [-0.3, -0.25) is 19.8 Å². The van der Waals surface area contributed by atoms with Crippen molar-refractivity contribution in [3.63, 3.8) is 0 Å². The number of imide groups is 1. The van der Waals surface area contributed by atoms with E-state index in [0.717, 1.165) is 88.5 Å². The van der Waals surface area contributed by atoms with Gasteiger partial charge in [-0.2, -0.15) is 0 Å². The van der Waals surface area contributed by atoms with Crippen LogP contribution in [0.4, 0.5) is 23.0 Å². The number of carbonyl (C=O) groups is 2. The third-order valence-electron chi connectivity index (χ3n) is 11.7. The summed E-state index contributed by atoms with van der Waals surface area (Å²) in [5.74, 6) is 0.387. The standard InChI is InChI=1S/C42H44N8O5S/c1-26-36(22-44-41-39(26)43-16-19-55-41)29-4-5-30-21-45-42(47-37(30)20-29)46-31-8-2-27(3-9-31)25-56(53,54)34-14-17-49(18-15-34)33-23-50(24-33)32-10-6-28(7-11-32)35-12-13-38(51)48-40(35)52/h2-11,20-22,33-35,43H,12-19,23-25H2,1H3,(H,45,46,47)(H,48,51,52). The summed E-state index contributed by atoms with van der Waals surface area (Å²) in [6.45, 7) is 6.72. The van der Waals surface area contributed by atoms with Crippen LogP contribution in [0.25, 0.3) is 22.0 Å². The predicted octanol–water partition coefficient (Wildman–Crippen LogP) is 5.34. The van der Waals surface area contributed by atoms with Crippen LogP contribution in [0, 0.1) is 6.92 Å². The number of piperidine rings is 2. The van der Waals surface area contributed by atoms with Gasteiger partial charge in [0.2, 0.25) is 23.6 Å². The normalized spacial score (nSPS) is 19.4. The second-order valence-electron chi connectivity index (χ2n) is 15.2. The Kier molecular flexibility index (Phi) is 9.54. The van der Waals surface area contributed by atoms with Crippen LogP contribution in [-0.4, -0.2) is 90.7 Å². The summed E-state index contributed by atoms with van der Waals surface area (Å²) >= 11 is 0.